The van der Waals surface area contributed by atoms with Crippen LogP contribution in [0, 0.1) is 6.92 Å². The first-order valence-corrected chi connectivity index (χ1v) is 12.8. The summed E-state index contributed by atoms with van der Waals surface area (Å²) in [6.45, 7) is 13.1. The molecule has 2 aromatic rings. The number of esters is 2. The van der Waals surface area contributed by atoms with Gasteiger partial charge in [0, 0.05) is 29.6 Å². The maximum absolute atomic E-state index is 12.4. The smallest absolute Gasteiger partial charge is 0.412 e. The average Bonchev–Trinajstić information content (AvgIpc) is 2.93. The molecule has 2 N–H and O–H groups in total. The van der Waals surface area contributed by atoms with Crippen LogP contribution in [-0.2, 0) is 28.5 Å². The number of fused-ring (bicyclic) bond motifs is 1. The molecule has 0 radical (unpaired) electrons. The van der Waals surface area contributed by atoms with Gasteiger partial charge in [0.15, 0.2) is 0 Å². The second-order valence-electron chi connectivity index (χ2n) is 8.78. The zero-order chi connectivity index (χ0) is 30.2. The van der Waals surface area contributed by atoms with Crippen LogP contribution in [-0.4, -0.2) is 76.9 Å². The standard InChI is InChI=1S/C29H36N2O10/c1-19(2)26(32)38-16-14-36-12-10-30-28(34)40-23-9-8-22-7-6-21(5)25(24(22)18-23)41-29(35)31-11-13-37-15-17-39-27(33)20(3)4/h6-9,18H,1,3,10-17H2,2,4-5H3,(H,30,34)(H,31,35). The molecular weight excluding hydrogens is 536 g/mol. The number of nitrogens with one attached hydrogen (secondary N) is 2. The van der Waals surface area contributed by atoms with E-state index in [0.717, 1.165) is 5.39 Å². The van der Waals surface area contributed by atoms with Gasteiger partial charge < -0.3 is 39.1 Å². The van der Waals surface area contributed by atoms with Crippen LogP contribution in [0.4, 0.5) is 9.59 Å². The van der Waals surface area contributed by atoms with Gasteiger partial charge in [-0.3, -0.25) is 0 Å². The van der Waals surface area contributed by atoms with Gasteiger partial charge in [0.1, 0.15) is 24.7 Å². The number of carbonyl (C=O) groups is 4. The van der Waals surface area contributed by atoms with Crippen LogP contribution in [0.3, 0.4) is 0 Å². The Balaban J connectivity index is 1.79. The summed E-state index contributed by atoms with van der Waals surface area (Å²) in [6, 6.07) is 8.64. The molecule has 0 aliphatic carbocycles. The Kier molecular flexibility index (Phi) is 13.8. The fourth-order valence-corrected chi connectivity index (χ4v) is 3.14. The molecule has 0 saturated carbocycles. The Morgan fingerprint density at radius 3 is 1.76 bits per heavy atom. The normalized spacial score (nSPS) is 10.4. The molecule has 0 spiro atoms. The summed E-state index contributed by atoms with van der Waals surface area (Å²) in [5.41, 5.74) is 1.31. The second-order valence-corrected chi connectivity index (χ2v) is 8.78. The summed E-state index contributed by atoms with van der Waals surface area (Å²) in [7, 11) is 0. The number of hydrogen-bond acceptors (Lipinski definition) is 10. The van der Waals surface area contributed by atoms with Crippen molar-refractivity contribution >= 4 is 34.9 Å². The van der Waals surface area contributed by atoms with Crippen LogP contribution in [0.25, 0.3) is 10.8 Å². The van der Waals surface area contributed by atoms with Gasteiger partial charge in [0.25, 0.3) is 0 Å². The molecule has 222 valence electrons. The zero-order valence-electron chi connectivity index (χ0n) is 23.5. The largest absolute Gasteiger partial charge is 0.460 e. The maximum atomic E-state index is 12.4. The van der Waals surface area contributed by atoms with Crippen molar-refractivity contribution in [3.05, 3.63) is 60.2 Å². The predicted molar refractivity (Wildman–Crippen MR) is 150 cm³/mol. The Labute approximate surface area is 238 Å². The van der Waals surface area contributed by atoms with Crippen LogP contribution in [0.2, 0.25) is 0 Å². The minimum atomic E-state index is -0.691. The number of amides is 2. The van der Waals surface area contributed by atoms with Gasteiger partial charge in [-0.2, -0.15) is 0 Å². The van der Waals surface area contributed by atoms with Crippen molar-refractivity contribution in [2.75, 3.05) is 52.7 Å². The van der Waals surface area contributed by atoms with Crippen molar-refractivity contribution in [1.82, 2.24) is 10.6 Å². The molecule has 0 unspecified atom stereocenters. The maximum Gasteiger partial charge on any atom is 0.412 e. The third-order valence-corrected chi connectivity index (χ3v) is 5.20. The number of ether oxygens (including phenoxy) is 6. The summed E-state index contributed by atoms with van der Waals surface area (Å²) >= 11 is 0. The molecule has 12 heteroatoms. The molecule has 0 saturated heterocycles. The molecule has 0 atom stereocenters. The molecular formula is C29H36N2O10. The van der Waals surface area contributed by atoms with Gasteiger partial charge in [-0.05, 0) is 43.9 Å². The SMILES string of the molecule is C=C(C)C(=O)OCCOCCNC(=O)Oc1ccc2ccc(C)c(OC(=O)NCCOCCOC(=O)C(=C)C)c2c1. The minimum absolute atomic E-state index is 0.0797. The van der Waals surface area contributed by atoms with Crippen LogP contribution < -0.4 is 20.1 Å². The van der Waals surface area contributed by atoms with Crippen molar-refractivity contribution in [2.45, 2.75) is 20.8 Å². The number of aryl methyl sites for hydroxylation is 1. The summed E-state index contributed by atoms with van der Waals surface area (Å²) in [6.07, 6.45) is -1.37. The summed E-state index contributed by atoms with van der Waals surface area (Å²) in [5.74, 6) is -0.410. The van der Waals surface area contributed by atoms with Gasteiger partial charge in [-0.15, -0.1) is 0 Å². The van der Waals surface area contributed by atoms with E-state index in [0.29, 0.717) is 27.8 Å². The highest BCUT2D eigenvalue weighted by atomic mass is 16.6. The molecule has 12 nitrogen and oxygen atoms in total. The van der Waals surface area contributed by atoms with E-state index in [-0.39, 0.29) is 58.5 Å². The molecule has 41 heavy (non-hydrogen) atoms. The monoisotopic (exact) mass is 572 g/mol. The van der Waals surface area contributed by atoms with E-state index in [9.17, 15) is 19.2 Å². The van der Waals surface area contributed by atoms with Crippen molar-refractivity contribution < 1.29 is 47.6 Å². The van der Waals surface area contributed by atoms with Gasteiger partial charge in [-0.25, -0.2) is 19.2 Å². The lowest BCUT2D eigenvalue weighted by Crippen LogP contribution is -2.30. The molecule has 2 rings (SSSR count). The highest BCUT2D eigenvalue weighted by Crippen LogP contribution is 2.32. The number of hydrogen-bond donors (Lipinski definition) is 2. The van der Waals surface area contributed by atoms with Crippen LogP contribution >= 0.6 is 0 Å². The quantitative estimate of drug-likeness (QED) is 0.174. The van der Waals surface area contributed by atoms with Crippen LogP contribution in [0.15, 0.2) is 54.6 Å². The lowest BCUT2D eigenvalue weighted by Gasteiger charge is -2.13. The van der Waals surface area contributed by atoms with Gasteiger partial charge >= 0.3 is 24.1 Å². The third-order valence-electron chi connectivity index (χ3n) is 5.20. The molecule has 0 aliphatic heterocycles. The molecule has 0 aromatic heterocycles. The molecule has 2 amide bonds. The van der Waals surface area contributed by atoms with E-state index in [1.54, 1.807) is 39.0 Å². The molecule has 0 heterocycles. The van der Waals surface area contributed by atoms with Crippen molar-refractivity contribution in [2.24, 2.45) is 0 Å². The number of carbonyl (C=O) groups excluding carboxylic acids is 4. The zero-order valence-corrected chi connectivity index (χ0v) is 23.5. The first-order valence-electron chi connectivity index (χ1n) is 12.8. The van der Waals surface area contributed by atoms with E-state index < -0.39 is 24.1 Å². The first-order chi connectivity index (χ1) is 19.6. The Morgan fingerprint density at radius 1 is 0.707 bits per heavy atom. The molecule has 2 aromatic carbocycles. The second kappa shape index (κ2) is 17.3. The van der Waals surface area contributed by atoms with Crippen molar-refractivity contribution in [3.8, 4) is 11.5 Å². The van der Waals surface area contributed by atoms with Crippen LogP contribution in [0.5, 0.6) is 11.5 Å². The van der Waals surface area contributed by atoms with Gasteiger partial charge in [0.2, 0.25) is 0 Å². The van der Waals surface area contributed by atoms with E-state index in [1.807, 2.05) is 12.1 Å². The number of benzene rings is 2. The summed E-state index contributed by atoms with van der Waals surface area (Å²) in [5, 5.41) is 6.51. The Bertz CT molecular complexity index is 1260. The average molecular weight is 573 g/mol. The fraction of sp³-hybridized carbons (Fsp3) is 0.379. The van der Waals surface area contributed by atoms with Gasteiger partial charge in [0.05, 0.1) is 26.4 Å². The van der Waals surface area contributed by atoms with Crippen molar-refractivity contribution in [1.29, 1.82) is 0 Å². The summed E-state index contributed by atoms with van der Waals surface area (Å²) in [4.78, 5) is 47.2. The van der Waals surface area contributed by atoms with E-state index in [2.05, 4.69) is 23.8 Å². The molecule has 0 bridgehead atoms. The number of rotatable bonds is 16. The van der Waals surface area contributed by atoms with Crippen LogP contribution in [0.1, 0.15) is 19.4 Å². The minimum Gasteiger partial charge on any atom is -0.460 e. The molecule has 0 aliphatic rings. The molecule has 0 fully saturated rings. The lowest BCUT2D eigenvalue weighted by molar-refractivity contribution is -0.141. The lowest BCUT2D eigenvalue weighted by atomic mass is 10.1. The Hall–Kier alpha value is -4.42. The van der Waals surface area contributed by atoms with E-state index in [4.69, 9.17) is 28.4 Å². The first kappa shape index (κ1) is 32.8. The Morgan fingerprint density at radius 2 is 1.22 bits per heavy atom. The topological polar surface area (TPSA) is 148 Å². The predicted octanol–water partition coefficient (Wildman–Crippen LogP) is 3.60. The van der Waals surface area contributed by atoms with Gasteiger partial charge in [-0.1, -0.05) is 31.4 Å². The third kappa shape index (κ3) is 12.1. The fourth-order valence-electron chi connectivity index (χ4n) is 3.14. The van der Waals surface area contributed by atoms with E-state index >= 15 is 0 Å². The van der Waals surface area contributed by atoms with Crippen molar-refractivity contribution in [3.63, 3.8) is 0 Å². The van der Waals surface area contributed by atoms with E-state index in [1.165, 1.54) is 0 Å². The summed E-state index contributed by atoms with van der Waals surface area (Å²) < 4.78 is 31.3. The highest BCUT2D eigenvalue weighted by molar-refractivity contribution is 5.93. The highest BCUT2D eigenvalue weighted by Gasteiger charge is 2.13.